The van der Waals surface area contributed by atoms with E-state index in [1.54, 1.807) is 6.20 Å². The third kappa shape index (κ3) is 3.51. The molecular weight excluding hydrogens is 324 g/mol. The summed E-state index contributed by atoms with van der Waals surface area (Å²) in [4.78, 5) is 18.6. The van der Waals surface area contributed by atoms with Crippen molar-refractivity contribution in [3.05, 3.63) is 84.2 Å². The average molecular weight is 344 g/mol. The van der Waals surface area contributed by atoms with Crippen LogP contribution < -0.4 is 4.90 Å². The van der Waals surface area contributed by atoms with E-state index in [9.17, 15) is 4.79 Å². The summed E-state index contributed by atoms with van der Waals surface area (Å²) in [5.74, 6) is 0.00816. The number of hydrogen-bond donors (Lipinski definition) is 0. The summed E-state index contributed by atoms with van der Waals surface area (Å²) in [7, 11) is 0. The molecule has 0 saturated carbocycles. The Morgan fingerprint density at radius 1 is 0.962 bits per heavy atom. The lowest BCUT2D eigenvalue weighted by atomic mass is 10.0. The van der Waals surface area contributed by atoms with Gasteiger partial charge in [0.1, 0.15) is 6.61 Å². The van der Waals surface area contributed by atoms with Gasteiger partial charge in [0, 0.05) is 35.8 Å². The van der Waals surface area contributed by atoms with Gasteiger partial charge in [-0.25, -0.2) is 0 Å². The molecule has 1 aliphatic heterocycles. The van der Waals surface area contributed by atoms with E-state index < -0.39 is 0 Å². The second-order valence-electron chi connectivity index (χ2n) is 6.36. The van der Waals surface area contributed by atoms with Crippen LogP contribution in [0.3, 0.4) is 0 Å². The van der Waals surface area contributed by atoms with Crippen LogP contribution in [-0.4, -0.2) is 24.0 Å². The first kappa shape index (κ1) is 16.5. The highest BCUT2D eigenvalue weighted by atomic mass is 16.5. The van der Waals surface area contributed by atoms with Crippen molar-refractivity contribution in [3.63, 3.8) is 0 Å². The van der Waals surface area contributed by atoms with Crippen LogP contribution in [0.5, 0.6) is 0 Å². The van der Waals surface area contributed by atoms with Crippen LogP contribution in [0, 0.1) is 0 Å². The van der Waals surface area contributed by atoms with Gasteiger partial charge in [0.2, 0.25) is 0 Å². The minimum Gasteiger partial charge on any atom is -0.367 e. The summed E-state index contributed by atoms with van der Waals surface area (Å²) >= 11 is 0. The first-order chi connectivity index (χ1) is 12.8. The van der Waals surface area contributed by atoms with Gasteiger partial charge >= 0.3 is 0 Å². The molecule has 1 aromatic heterocycles. The van der Waals surface area contributed by atoms with Crippen molar-refractivity contribution in [1.82, 2.24) is 4.98 Å². The fourth-order valence-corrected chi connectivity index (χ4v) is 3.27. The number of hydrogen-bond acceptors (Lipinski definition) is 3. The Hall–Kier alpha value is -2.98. The van der Waals surface area contributed by atoms with E-state index in [-0.39, 0.29) is 12.5 Å². The summed E-state index contributed by atoms with van der Waals surface area (Å²) in [5.41, 5.74) is 5.33. The van der Waals surface area contributed by atoms with Crippen molar-refractivity contribution in [2.75, 3.05) is 18.1 Å². The normalized spacial score (nSPS) is 14.0. The van der Waals surface area contributed by atoms with E-state index in [0.717, 1.165) is 28.8 Å². The van der Waals surface area contributed by atoms with E-state index in [0.29, 0.717) is 13.2 Å². The van der Waals surface area contributed by atoms with E-state index >= 15 is 0 Å². The van der Waals surface area contributed by atoms with Gasteiger partial charge < -0.3 is 9.64 Å². The Bertz CT molecular complexity index is 895. The molecule has 0 radical (unpaired) electrons. The molecule has 0 saturated heterocycles. The third-order valence-corrected chi connectivity index (χ3v) is 4.62. The number of pyridine rings is 1. The van der Waals surface area contributed by atoms with E-state index in [1.807, 2.05) is 53.6 Å². The first-order valence-electron chi connectivity index (χ1n) is 8.76. The number of ether oxygens (including phenoxy) is 1. The fourth-order valence-electron chi connectivity index (χ4n) is 3.27. The van der Waals surface area contributed by atoms with Crippen molar-refractivity contribution in [2.45, 2.75) is 13.0 Å². The molecule has 4 nitrogen and oxygen atoms in total. The number of benzene rings is 2. The highest BCUT2D eigenvalue weighted by molar-refractivity contribution is 5.96. The molecule has 0 aliphatic carbocycles. The smallest absolute Gasteiger partial charge is 0.253 e. The molecule has 4 rings (SSSR count). The number of aromatic nitrogens is 1. The Kier molecular flexibility index (Phi) is 4.75. The summed E-state index contributed by atoms with van der Waals surface area (Å²) < 4.78 is 5.60. The largest absolute Gasteiger partial charge is 0.367 e. The van der Waals surface area contributed by atoms with Gasteiger partial charge in [0.25, 0.3) is 5.91 Å². The van der Waals surface area contributed by atoms with E-state index in [1.165, 1.54) is 5.56 Å². The zero-order valence-electron chi connectivity index (χ0n) is 14.5. The average Bonchev–Trinajstić information content (AvgIpc) is 2.85. The van der Waals surface area contributed by atoms with Crippen molar-refractivity contribution in [3.8, 4) is 11.1 Å². The van der Waals surface area contributed by atoms with Crippen LogP contribution in [0.4, 0.5) is 5.69 Å². The third-order valence-electron chi connectivity index (χ3n) is 4.62. The Morgan fingerprint density at radius 2 is 1.85 bits per heavy atom. The van der Waals surface area contributed by atoms with Crippen molar-refractivity contribution in [2.24, 2.45) is 0 Å². The number of fused-ring (bicyclic) bond motifs is 1. The minimum absolute atomic E-state index is 0.00816. The zero-order chi connectivity index (χ0) is 17.8. The standard InChI is InChI=1S/C22H20N2O2/c25-22-16-26-15-20-13-18(19-7-4-11-23-14-19)8-9-21(20)24(22)12-10-17-5-2-1-3-6-17/h1-9,11,13-14H,10,12,15-16H2. The van der Waals surface area contributed by atoms with Crippen molar-refractivity contribution >= 4 is 11.6 Å². The quantitative estimate of drug-likeness (QED) is 0.722. The second kappa shape index (κ2) is 7.50. The minimum atomic E-state index is 0.00816. The van der Waals surface area contributed by atoms with Gasteiger partial charge in [0.05, 0.1) is 6.61 Å². The molecular formula is C22H20N2O2. The molecule has 0 atom stereocenters. The van der Waals surface area contributed by atoms with Gasteiger partial charge in [-0.05, 0) is 35.7 Å². The maximum atomic E-state index is 12.5. The highest BCUT2D eigenvalue weighted by Gasteiger charge is 2.22. The van der Waals surface area contributed by atoms with Gasteiger partial charge in [0.15, 0.2) is 0 Å². The molecule has 0 unspecified atom stereocenters. The Balaban J connectivity index is 1.63. The lowest BCUT2D eigenvalue weighted by molar-refractivity contribution is -0.123. The lowest BCUT2D eigenvalue weighted by Gasteiger charge is -2.23. The molecule has 1 aliphatic rings. The Morgan fingerprint density at radius 3 is 2.65 bits per heavy atom. The Labute approximate surface area is 153 Å². The number of rotatable bonds is 4. The highest BCUT2D eigenvalue weighted by Crippen LogP contribution is 2.30. The molecule has 0 fully saturated rings. The molecule has 3 aromatic rings. The van der Waals surface area contributed by atoms with Crippen molar-refractivity contribution in [1.29, 1.82) is 0 Å². The van der Waals surface area contributed by atoms with Crippen LogP contribution in [0.2, 0.25) is 0 Å². The first-order valence-corrected chi connectivity index (χ1v) is 8.76. The van der Waals surface area contributed by atoms with Gasteiger partial charge in [-0.1, -0.05) is 42.5 Å². The molecule has 0 bridgehead atoms. The monoisotopic (exact) mass is 344 g/mol. The fraction of sp³-hybridized carbons (Fsp3) is 0.182. The van der Waals surface area contributed by atoms with Crippen LogP contribution in [-0.2, 0) is 22.6 Å². The van der Waals surface area contributed by atoms with E-state index in [2.05, 4.69) is 23.2 Å². The maximum Gasteiger partial charge on any atom is 0.253 e. The molecule has 4 heteroatoms. The van der Waals surface area contributed by atoms with Crippen molar-refractivity contribution < 1.29 is 9.53 Å². The van der Waals surface area contributed by atoms with Crippen LogP contribution >= 0.6 is 0 Å². The van der Waals surface area contributed by atoms with Crippen LogP contribution in [0.15, 0.2) is 73.1 Å². The number of amides is 1. The number of carbonyl (C=O) groups is 1. The summed E-state index contributed by atoms with van der Waals surface area (Å²) in [6, 6.07) is 20.4. The van der Waals surface area contributed by atoms with E-state index in [4.69, 9.17) is 4.74 Å². The van der Waals surface area contributed by atoms with Gasteiger partial charge in [-0.15, -0.1) is 0 Å². The topological polar surface area (TPSA) is 42.4 Å². The molecule has 2 aromatic carbocycles. The summed E-state index contributed by atoms with van der Waals surface area (Å²) in [5, 5.41) is 0. The molecule has 0 spiro atoms. The molecule has 0 N–H and O–H groups in total. The molecule has 26 heavy (non-hydrogen) atoms. The molecule has 2 heterocycles. The predicted octanol–water partition coefficient (Wildman–Crippen LogP) is 3.85. The number of carbonyl (C=O) groups excluding carboxylic acids is 1. The molecule has 1 amide bonds. The molecule has 130 valence electrons. The zero-order valence-corrected chi connectivity index (χ0v) is 14.5. The second-order valence-corrected chi connectivity index (χ2v) is 6.36. The summed E-state index contributed by atoms with van der Waals surface area (Å²) in [6.45, 7) is 1.20. The maximum absolute atomic E-state index is 12.5. The van der Waals surface area contributed by atoms with Gasteiger partial charge in [-0.3, -0.25) is 9.78 Å². The summed E-state index contributed by atoms with van der Waals surface area (Å²) in [6.07, 6.45) is 4.42. The number of nitrogens with zero attached hydrogens (tertiary/aromatic N) is 2. The van der Waals surface area contributed by atoms with Crippen LogP contribution in [0.1, 0.15) is 11.1 Å². The predicted molar refractivity (Wildman–Crippen MR) is 102 cm³/mol. The van der Waals surface area contributed by atoms with Gasteiger partial charge in [-0.2, -0.15) is 0 Å². The number of anilines is 1. The lowest BCUT2D eigenvalue weighted by Crippen LogP contribution is -2.34. The van der Waals surface area contributed by atoms with Crippen LogP contribution in [0.25, 0.3) is 11.1 Å². The SMILES string of the molecule is O=C1COCc2cc(-c3cccnc3)ccc2N1CCc1ccccc1.